The highest BCUT2D eigenvalue weighted by Crippen LogP contribution is 2.32. The summed E-state index contributed by atoms with van der Waals surface area (Å²) < 4.78 is 0. The zero-order valence-electron chi connectivity index (χ0n) is 11.5. The maximum absolute atomic E-state index is 3.73. The van der Waals surface area contributed by atoms with E-state index in [0.29, 0.717) is 0 Å². The molecule has 2 fully saturated rings. The second kappa shape index (κ2) is 6.36. The molecule has 19 heavy (non-hydrogen) atoms. The van der Waals surface area contributed by atoms with E-state index < -0.39 is 0 Å². The lowest BCUT2D eigenvalue weighted by molar-refractivity contribution is 0.355. The van der Waals surface area contributed by atoms with E-state index in [0.717, 1.165) is 17.9 Å². The minimum absolute atomic E-state index is 0.731. The molecule has 2 nitrogen and oxygen atoms in total. The molecule has 0 aromatic heterocycles. The van der Waals surface area contributed by atoms with Gasteiger partial charge in [-0.15, -0.1) is 0 Å². The number of benzene rings is 1. The van der Waals surface area contributed by atoms with Crippen LogP contribution in [0, 0.1) is 11.8 Å². The highest BCUT2D eigenvalue weighted by atomic mass is 15.0. The Kier molecular flexibility index (Phi) is 4.31. The van der Waals surface area contributed by atoms with Gasteiger partial charge in [0.05, 0.1) is 0 Å². The Morgan fingerprint density at radius 3 is 2.74 bits per heavy atom. The first-order valence-corrected chi connectivity index (χ1v) is 7.59. The molecular formula is C17H24N2. The fraction of sp³-hybridized carbons (Fsp3) is 0.529. The zero-order chi connectivity index (χ0) is 12.9. The summed E-state index contributed by atoms with van der Waals surface area (Å²) in [6.07, 6.45) is 8.62. The Hall–Kier alpha value is -1.12. The van der Waals surface area contributed by atoms with Gasteiger partial charge in [-0.25, -0.2) is 0 Å². The molecule has 2 aliphatic rings. The first kappa shape index (κ1) is 12.9. The highest BCUT2D eigenvalue weighted by molar-refractivity contribution is 5.49. The molecule has 1 saturated carbocycles. The summed E-state index contributed by atoms with van der Waals surface area (Å²) >= 11 is 0. The van der Waals surface area contributed by atoms with Crippen LogP contribution in [-0.4, -0.2) is 25.7 Å². The van der Waals surface area contributed by atoms with Gasteiger partial charge >= 0.3 is 0 Å². The molecule has 1 saturated heterocycles. The number of piperidine rings is 1. The predicted octanol–water partition coefficient (Wildman–Crippen LogP) is 2.68. The van der Waals surface area contributed by atoms with Gasteiger partial charge in [0.1, 0.15) is 0 Å². The molecule has 0 amide bonds. The third-order valence-electron chi connectivity index (χ3n) is 4.30. The Labute approximate surface area is 116 Å². The first-order chi connectivity index (χ1) is 9.42. The average Bonchev–Trinajstić information content (AvgIpc) is 3.24. The van der Waals surface area contributed by atoms with Crippen molar-refractivity contribution in [1.29, 1.82) is 0 Å². The molecular weight excluding hydrogens is 232 g/mol. The third kappa shape index (κ3) is 3.92. The summed E-state index contributed by atoms with van der Waals surface area (Å²) in [5.41, 5.74) is 1.31. The second-order valence-corrected chi connectivity index (χ2v) is 5.88. The molecule has 0 radical (unpaired) electrons. The van der Waals surface area contributed by atoms with Crippen LogP contribution in [0.5, 0.6) is 0 Å². The number of hydrogen-bond acceptors (Lipinski definition) is 2. The van der Waals surface area contributed by atoms with Gasteiger partial charge in [0, 0.05) is 6.04 Å². The molecule has 2 atom stereocenters. The summed E-state index contributed by atoms with van der Waals surface area (Å²) in [6.45, 7) is 3.62. The van der Waals surface area contributed by atoms with E-state index in [1.807, 2.05) is 0 Å². The lowest BCUT2D eigenvalue weighted by Crippen LogP contribution is -2.34. The number of hydrogen-bond donors (Lipinski definition) is 2. The molecule has 1 aliphatic heterocycles. The Morgan fingerprint density at radius 2 is 1.95 bits per heavy atom. The minimum Gasteiger partial charge on any atom is -0.317 e. The van der Waals surface area contributed by atoms with Gasteiger partial charge in [0.25, 0.3) is 0 Å². The summed E-state index contributed by atoms with van der Waals surface area (Å²) in [5, 5.41) is 7.16. The van der Waals surface area contributed by atoms with Gasteiger partial charge in [0.15, 0.2) is 0 Å². The first-order valence-electron chi connectivity index (χ1n) is 7.59. The normalized spacial score (nSPS) is 27.8. The molecule has 1 aliphatic carbocycles. The fourth-order valence-corrected chi connectivity index (χ4v) is 2.86. The maximum atomic E-state index is 3.73. The van der Waals surface area contributed by atoms with Crippen LogP contribution in [-0.2, 0) is 0 Å². The second-order valence-electron chi connectivity index (χ2n) is 5.88. The van der Waals surface area contributed by atoms with Gasteiger partial charge in [0.2, 0.25) is 0 Å². The van der Waals surface area contributed by atoms with Crippen molar-refractivity contribution in [3.05, 3.63) is 42.0 Å². The van der Waals surface area contributed by atoms with Crippen molar-refractivity contribution in [2.75, 3.05) is 19.6 Å². The maximum Gasteiger partial charge on any atom is 0.0137 e. The van der Waals surface area contributed by atoms with Crippen LogP contribution in [0.1, 0.15) is 24.8 Å². The van der Waals surface area contributed by atoms with Crippen molar-refractivity contribution >= 4 is 6.08 Å². The monoisotopic (exact) mass is 256 g/mol. The van der Waals surface area contributed by atoms with E-state index in [9.17, 15) is 0 Å². The molecule has 2 unspecified atom stereocenters. The van der Waals surface area contributed by atoms with Crippen molar-refractivity contribution < 1.29 is 0 Å². The van der Waals surface area contributed by atoms with E-state index in [2.05, 4.69) is 53.1 Å². The minimum atomic E-state index is 0.731. The SMILES string of the molecule is C(=CC1CC1NCC1CCNCC1)c1ccccc1. The molecule has 0 bridgehead atoms. The van der Waals surface area contributed by atoms with Gasteiger partial charge in [-0.1, -0.05) is 42.5 Å². The van der Waals surface area contributed by atoms with Crippen molar-refractivity contribution in [2.45, 2.75) is 25.3 Å². The van der Waals surface area contributed by atoms with Crippen LogP contribution in [0.2, 0.25) is 0 Å². The summed E-state index contributed by atoms with van der Waals surface area (Å²) in [5.74, 6) is 1.64. The van der Waals surface area contributed by atoms with Gasteiger partial charge in [-0.05, 0) is 56.3 Å². The third-order valence-corrected chi connectivity index (χ3v) is 4.30. The molecule has 3 rings (SSSR count). The molecule has 2 heteroatoms. The molecule has 2 N–H and O–H groups in total. The number of nitrogens with one attached hydrogen (secondary N) is 2. The largest absolute Gasteiger partial charge is 0.317 e. The molecule has 1 aromatic carbocycles. The van der Waals surface area contributed by atoms with Crippen LogP contribution in [0.15, 0.2) is 36.4 Å². The molecule has 0 spiro atoms. The molecule has 1 heterocycles. The van der Waals surface area contributed by atoms with Crippen LogP contribution in [0.4, 0.5) is 0 Å². The summed E-state index contributed by atoms with van der Waals surface area (Å²) in [6, 6.07) is 11.3. The van der Waals surface area contributed by atoms with Crippen molar-refractivity contribution in [1.82, 2.24) is 10.6 Å². The van der Waals surface area contributed by atoms with Crippen molar-refractivity contribution in [3.63, 3.8) is 0 Å². The lowest BCUT2D eigenvalue weighted by Gasteiger charge is -2.22. The van der Waals surface area contributed by atoms with Crippen LogP contribution < -0.4 is 10.6 Å². The van der Waals surface area contributed by atoms with E-state index >= 15 is 0 Å². The smallest absolute Gasteiger partial charge is 0.0137 e. The Morgan fingerprint density at radius 1 is 1.16 bits per heavy atom. The zero-order valence-corrected chi connectivity index (χ0v) is 11.5. The van der Waals surface area contributed by atoms with E-state index in [-0.39, 0.29) is 0 Å². The molecule has 1 aromatic rings. The topological polar surface area (TPSA) is 24.1 Å². The lowest BCUT2D eigenvalue weighted by atomic mass is 9.98. The number of rotatable bonds is 5. The van der Waals surface area contributed by atoms with Crippen LogP contribution >= 0.6 is 0 Å². The van der Waals surface area contributed by atoms with Gasteiger partial charge < -0.3 is 10.6 Å². The quantitative estimate of drug-likeness (QED) is 0.846. The predicted molar refractivity (Wildman–Crippen MR) is 81.0 cm³/mol. The molecule has 102 valence electrons. The van der Waals surface area contributed by atoms with Gasteiger partial charge in [-0.3, -0.25) is 0 Å². The van der Waals surface area contributed by atoms with Crippen LogP contribution in [0.3, 0.4) is 0 Å². The van der Waals surface area contributed by atoms with Crippen molar-refractivity contribution in [3.8, 4) is 0 Å². The summed E-state index contributed by atoms with van der Waals surface area (Å²) in [7, 11) is 0. The highest BCUT2D eigenvalue weighted by Gasteiger charge is 2.34. The van der Waals surface area contributed by atoms with E-state index in [4.69, 9.17) is 0 Å². The van der Waals surface area contributed by atoms with Crippen molar-refractivity contribution in [2.24, 2.45) is 11.8 Å². The average molecular weight is 256 g/mol. The Balaban J connectivity index is 1.38. The fourth-order valence-electron chi connectivity index (χ4n) is 2.86. The Bertz CT molecular complexity index is 407. The van der Waals surface area contributed by atoms with E-state index in [1.165, 1.54) is 44.5 Å². The van der Waals surface area contributed by atoms with Gasteiger partial charge in [-0.2, -0.15) is 0 Å². The standard InChI is InChI=1S/C17H24N2/c1-2-4-14(5-3-1)6-7-16-12-17(16)19-13-15-8-10-18-11-9-15/h1-7,15-19H,8-13H2. The van der Waals surface area contributed by atoms with Crippen LogP contribution in [0.25, 0.3) is 6.08 Å². The summed E-state index contributed by atoms with van der Waals surface area (Å²) in [4.78, 5) is 0. The van der Waals surface area contributed by atoms with E-state index in [1.54, 1.807) is 0 Å².